The topological polar surface area (TPSA) is 46.3 Å². The third-order valence-electron chi connectivity index (χ3n) is 3.66. The molecule has 106 valence electrons. The van der Waals surface area contributed by atoms with E-state index in [0.717, 1.165) is 0 Å². The summed E-state index contributed by atoms with van der Waals surface area (Å²) in [6.45, 7) is 9.69. The van der Waals surface area contributed by atoms with Crippen molar-refractivity contribution in [3.05, 3.63) is 29.1 Å². The molecule has 0 spiro atoms. The Balaban J connectivity index is 3.14. The molecule has 19 heavy (non-hydrogen) atoms. The van der Waals surface area contributed by atoms with Crippen molar-refractivity contribution in [2.24, 2.45) is 5.41 Å². The number of nitrogens with zero attached hydrogens (tertiary/aromatic N) is 1. The minimum absolute atomic E-state index is 0.0128. The number of rotatable bonds is 2. The maximum Gasteiger partial charge on any atom is 0.256 e. The van der Waals surface area contributed by atoms with Crippen molar-refractivity contribution in [3.63, 3.8) is 0 Å². The maximum atomic E-state index is 14.0. The van der Waals surface area contributed by atoms with E-state index in [1.165, 1.54) is 12.1 Å². The maximum absolute atomic E-state index is 14.0. The largest absolute Gasteiger partial charge is 0.399 e. The summed E-state index contributed by atoms with van der Waals surface area (Å²) in [6, 6.07) is 2.91. The second kappa shape index (κ2) is 5.19. The quantitative estimate of drug-likeness (QED) is 0.835. The molecule has 0 fully saturated rings. The van der Waals surface area contributed by atoms with Crippen LogP contribution in [0.1, 0.15) is 43.6 Å². The molecular formula is C15H23FN2O. The van der Waals surface area contributed by atoms with Gasteiger partial charge in [-0.25, -0.2) is 4.39 Å². The van der Waals surface area contributed by atoms with E-state index in [0.29, 0.717) is 11.3 Å². The molecule has 2 N–H and O–H groups in total. The van der Waals surface area contributed by atoms with Crippen LogP contribution in [0.3, 0.4) is 0 Å². The Bertz CT molecular complexity index is 492. The van der Waals surface area contributed by atoms with Crippen molar-refractivity contribution in [2.75, 3.05) is 12.8 Å². The van der Waals surface area contributed by atoms with Crippen LogP contribution in [-0.4, -0.2) is 23.9 Å². The summed E-state index contributed by atoms with van der Waals surface area (Å²) in [6.07, 6.45) is 0. The normalized spacial score (nSPS) is 13.2. The fraction of sp³-hybridized carbons (Fsp3) is 0.533. The zero-order valence-corrected chi connectivity index (χ0v) is 12.5. The highest BCUT2D eigenvalue weighted by Gasteiger charge is 2.29. The van der Waals surface area contributed by atoms with E-state index < -0.39 is 5.82 Å². The Morgan fingerprint density at radius 3 is 2.37 bits per heavy atom. The first-order chi connectivity index (χ1) is 8.55. The molecule has 4 heteroatoms. The van der Waals surface area contributed by atoms with E-state index in [1.54, 1.807) is 18.9 Å². The van der Waals surface area contributed by atoms with Crippen LogP contribution in [0, 0.1) is 18.2 Å². The van der Waals surface area contributed by atoms with Gasteiger partial charge in [0.25, 0.3) is 5.91 Å². The van der Waals surface area contributed by atoms with Crippen LogP contribution in [0.25, 0.3) is 0 Å². The third-order valence-corrected chi connectivity index (χ3v) is 3.66. The molecule has 1 atom stereocenters. The van der Waals surface area contributed by atoms with Crippen LogP contribution >= 0.6 is 0 Å². The number of anilines is 1. The Morgan fingerprint density at radius 1 is 1.37 bits per heavy atom. The number of benzene rings is 1. The molecule has 0 bridgehead atoms. The van der Waals surface area contributed by atoms with Crippen LogP contribution in [0.2, 0.25) is 0 Å². The van der Waals surface area contributed by atoms with Crippen molar-refractivity contribution < 1.29 is 9.18 Å². The summed E-state index contributed by atoms with van der Waals surface area (Å²) < 4.78 is 14.0. The van der Waals surface area contributed by atoms with Crippen molar-refractivity contribution >= 4 is 11.6 Å². The fourth-order valence-corrected chi connectivity index (χ4v) is 1.90. The number of aryl methyl sites for hydroxylation is 1. The van der Waals surface area contributed by atoms with Gasteiger partial charge < -0.3 is 10.6 Å². The van der Waals surface area contributed by atoms with Crippen molar-refractivity contribution in [1.82, 2.24) is 4.90 Å². The number of carbonyl (C=O) groups is 1. The zero-order chi connectivity index (χ0) is 15.0. The Hall–Kier alpha value is -1.58. The molecule has 1 aromatic rings. The van der Waals surface area contributed by atoms with Gasteiger partial charge in [0, 0.05) is 18.8 Å². The molecule has 0 aliphatic heterocycles. The Morgan fingerprint density at radius 2 is 1.89 bits per heavy atom. The summed E-state index contributed by atoms with van der Waals surface area (Å²) in [7, 11) is 1.69. The van der Waals surface area contributed by atoms with E-state index in [-0.39, 0.29) is 22.9 Å². The molecule has 0 aliphatic carbocycles. The van der Waals surface area contributed by atoms with Gasteiger partial charge in [-0.3, -0.25) is 4.79 Å². The fourth-order valence-electron chi connectivity index (χ4n) is 1.90. The number of amides is 1. The molecule has 0 heterocycles. The predicted molar refractivity (Wildman–Crippen MR) is 76.6 cm³/mol. The SMILES string of the molecule is Cc1cc(N)cc(C(=O)N(C)C(C)C(C)(C)C)c1F. The first-order valence-electron chi connectivity index (χ1n) is 6.38. The highest BCUT2D eigenvalue weighted by Crippen LogP contribution is 2.26. The number of hydrogen-bond donors (Lipinski definition) is 1. The van der Waals surface area contributed by atoms with E-state index >= 15 is 0 Å². The van der Waals surface area contributed by atoms with Crippen LogP contribution in [-0.2, 0) is 0 Å². The molecule has 1 rings (SSSR count). The Labute approximate surface area is 114 Å². The number of hydrogen-bond acceptors (Lipinski definition) is 2. The van der Waals surface area contributed by atoms with Crippen LogP contribution in [0.4, 0.5) is 10.1 Å². The lowest BCUT2D eigenvalue weighted by Crippen LogP contribution is -2.43. The van der Waals surface area contributed by atoms with Crippen molar-refractivity contribution in [2.45, 2.75) is 40.7 Å². The monoisotopic (exact) mass is 266 g/mol. The minimum Gasteiger partial charge on any atom is -0.399 e. The lowest BCUT2D eigenvalue weighted by Gasteiger charge is -2.35. The van der Waals surface area contributed by atoms with Crippen molar-refractivity contribution in [1.29, 1.82) is 0 Å². The molecule has 1 aromatic carbocycles. The molecule has 0 aliphatic rings. The highest BCUT2D eigenvalue weighted by molar-refractivity contribution is 5.95. The molecule has 1 unspecified atom stereocenters. The first-order valence-corrected chi connectivity index (χ1v) is 6.38. The second-order valence-electron chi connectivity index (χ2n) is 6.16. The summed E-state index contributed by atoms with van der Waals surface area (Å²) in [4.78, 5) is 14.0. The van der Waals surface area contributed by atoms with Gasteiger partial charge in [0.1, 0.15) is 5.82 Å². The summed E-state index contributed by atoms with van der Waals surface area (Å²) in [5.41, 5.74) is 6.45. The first kappa shape index (κ1) is 15.5. The lowest BCUT2D eigenvalue weighted by molar-refractivity contribution is 0.0624. The Kier molecular flexibility index (Phi) is 4.23. The van der Waals surface area contributed by atoms with Crippen molar-refractivity contribution in [3.8, 4) is 0 Å². The minimum atomic E-state index is -0.493. The molecule has 1 amide bonds. The average Bonchev–Trinajstić information content (AvgIpc) is 2.29. The van der Waals surface area contributed by atoms with E-state index in [2.05, 4.69) is 0 Å². The van der Waals surface area contributed by atoms with Gasteiger partial charge in [0.15, 0.2) is 0 Å². The number of carbonyl (C=O) groups excluding carboxylic acids is 1. The standard InChI is InChI=1S/C15H23FN2O/c1-9-7-11(17)8-12(13(9)16)14(19)18(6)10(2)15(3,4)5/h7-8,10H,17H2,1-6H3. The second-order valence-corrected chi connectivity index (χ2v) is 6.16. The number of nitrogens with two attached hydrogens (primary N) is 1. The van der Waals surface area contributed by atoms with Gasteiger partial charge >= 0.3 is 0 Å². The van der Waals surface area contributed by atoms with Crippen LogP contribution in [0.5, 0.6) is 0 Å². The number of halogens is 1. The summed E-state index contributed by atoms with van der Waals surface area (Å²) >= 11 is 0. The van der Waals surface area contributed by atoms with E-state index in [4.69, 9.17) is 5.73 Å². The highest BCUT2D eigenvalue weighted by atomic mass is 19.1. The predicted octanol–water partition coefficient (Wildman–Crippen LogP) is 3.22. The van der Waals surface area contributed by atoms with Gasteiger partial charge in [0.05, 0.1) is 5.56 Å². The number of nitrogen functional groups attached to an aromatic ring is 1. The summed E-state index contributed by atoms with van der Waals surface area (Å²) in [5, 5.41) is 0. The van der Waals surface area contributed by atoms with Gasteiger partial charge in [0.2, 0.25) is 0 Å². The molecule has 0 saturated heterocycles. The summed E-state index contributed by atoms with van der Waals surface area (Å²) in [5.74, 6) is -0.831. The molecular weight excluding hydrogens is 243 g/mol. The van der Waals surface area contributed by atoms with Gasteiger partial charge in [-0.2, -0.15) is 0 Å². The van der Waals surface area contributed by atoms with E-state index in [1.807, 2.05) is 27.7 Å². The van der Waals surface area contributed by atoms with Crippen LogP contribution in [0.15, 0.2) is 12.1 Å². The molecule has 0 radical (unpaired) electrons. The smallest absolute Gasteiger partial charge is 0.256 e. The van der Waals surface area contributed by atoms with Gasteiger partial charge in [-0.05, 0) is 37.0 Å². The average molecular weight is 266 g/mol. The zero-order valence-electron chi connectivity index (χ0n) is 12.5. The molecule has 3 nitrogen and oxygen atoms in total. The van der Waals surface area contributed by atoms with Gasteiger partial charge in [-0.1, -0.05) is 20.8 Å². The molecule has 0 aromatic heterocycles. The molecule has 0 saturated carbocycles. The van der Waals surface area contributed by atoms with E-state index in [9.17, 15) is 9.18 Å². The lowest BCUT2D eigenvalue weighted by atomic mass is 9.87. The third kappa shape index (κ3) is 3.25. The van der Waals surface area contributed by atoms with Gasteiger partial charge in [-0.15, -0.1) is 0 Å². The van der Waals surface area contributed by atoms with Crippen LogP contribution < -0.4 is 5.73 Å².